The highest BCUT2D eigenvalue weighted by molar-refractivity contribution is 7.99. The van der Waals surface area contributed by atoms with E-state index in [-0.39, 0.29) is 6.10 Å². The summed E-state index contributed by atoms with van der Waals surface area (Å²) in [5, 5.41) is 7.50. The number of nitrogens with zero attached hydrogens (tertiary/aromatic N) is 2. The monoisotopic (exact) mass is 303 g/mol. The van der Waals surface area contributed by atoms with Crippen molar-refractivity contribution in [2.75, 3.05) is 30.0 Å². The van der Waals surface area contributed by atoms with Crippen molar-refractivity contribution < 1.29 is 9.26 Å². The van der Waals surface area contributed by atoms with Gasteiger partial charge >= 0.3 is 0 Å². The number of fused-ring (bicyclic) bond motifs is 1. The van der Waals surface area contributed by atoms with Crippen molar-refractivity contribution in [1.29, 1.82) is 0 Å². The first-order chi connectivity index (χ1) is 10.4. The Morgan fingerprint density at radius 1 is 1.33 bits per heavy atom. The van der Waals surface area contributed by atoms with Crippen LogP contribution in [0.15, 0.2) is 22.7 Å². The van der Waals surface area contributed by atoms with E-state index >= 15 is 0 Å². The summed E-state index contributed by atoms with van der Waals surface area (Å²) < 4.78 is 11.1. The van der Waals surface area contributed by atoms with E-state index in [0.717, 1.165) is 36.6 Å². The SMILES string of the molecule is c1cc2c(cc1-c1nc(C3CSCCO3)no1)CCCN2. The van der Waals surface area contributed by atoms with Gasteiger partial charge in [0.05, 0.1) is 6.61 Å². The van der Waals surface area contributed by atoms with E-state index in [2.05, 4.69) is 27.6 Å². The van der Waals surface area contributed by atoms with Crippen LogP contribution in [0.25, 0.3) is 11.5 Å². The Morgan fingerprint density at radius 2 is 2.33 bits per heavy atom. The number of benzene rings is 1. The molecule has 0 aliphatic carbocycles. The van der Waals surface area contributed by atoms with Gasteiger partial charge in [-0.15, -0.1) is 0 Å². The average Bonchev–Trinajstić information content (AvgIpc) is 3.05. The zero-order valence-corrected chi connectivity index (χ0v) is 12.5. The van der Waals surface area contributed by atoms with E-state index in [1.165, 1.54) is 17.7 Å². The van der Waals surface area contributed by atoms with E-state index in [4.69, 9.17) is 9.26 Å². The maximum Gasteiger partial charge on any atom is 0.258 e. The molecule has 1 unspecified atom stereocenters. The van der Waals surface area contributed by atoms with Crippen LogP contribution in [-0.4, -0.2) is 34.8 Å². The second-order valence-corrected chi connectivity index (χ2v) is 6.44. The van der Waals surface area contributed by atoms with Crippen LogP contribution in [0.4, 0.5) is 5.69 Å². The Kier molecular flexibility index (Phi) is 3.57. The number of aromatic nitrogens is 2. The second kappa shape index (κ2) is 5.69. The number of hydrogen-bond donors (Lipinski definition) is 1. The molecule has 21 heavy (non-hydrogen) atoms. The number of anilines is 1. The lowest BCUT2D eigenvalue weighted by Crippen LogP contribution is -2.16. The van der Waals surface area contributed by atoms with Gasteiger partial charge in [-0.1, -0.05) is 5.16 Å². The van der Waals surface area contributed by atoms with Crippen molar-refractivity contribution in [3.8, 4) is 11.5 Å². The Hall–Kier alpha value is -1.53. The second-order valence-electron chi connectivity index (χ2n) is 5.29. The molecule has 4 rings (SSSR count). The van der Waals surface area contributed by atoms with Crippen molar-refractivity contribution >= 4 is 17.4 Å². The van der Waals surface area contributed by atoms with Crippen molar-refractivity contribution in [2.45, 2.75) is 18.9 Å². The van der Waals surface area contributed by atoms with Gasteiger partial charge < -0.3 is 14.6 Å². The number of nitrogens with one attached hydrogen (secondary N) is 1. The molecule has 0 bridgehead atoms. The summed E-state index contributed by atoms with van der Waals surface area (Å²) in [6.07, 6.45) is 2.22. The fourth-order valence-corrected chi connectivity index (χ4v) is 3.57. The minimum atomic E-state index is -0.0412. The van der Waals surface area contributed by atoms with E-state index in [1.54, 1.807) is 0 Å². The van der Waals surface area contributed by atoms with Gasteiger partial charge in [-0.05, 0) is 36.6 Å². The van der Waals surface area contributed by atoms with Crippen molar-refractivity contribution in [2.24, 2.45) is 0 Å². The first kappa shape index (κ1) is 13.2. The summed E-state index contributed by atoms with van der Waals surface area (Å²) in [5.74, 6) is 3.18. The molecule has 0 radical (unpaired) electrons. The molecule has 2 aliphatic heterocycles. The quantitative estimate of drug-likeness (QED) is 0.920. The molecule has 5 nitrogen and oxygen atoms in total. The fraction of sp³-hybridized carbons (Fsp3) is 0.467. The van der Waals surface area contributed by atoms with Crippen LogP contribution in [0.1, 0.15) is 23.9 Å². The molecular weight excluding hydrogens is 286 g/mol. The predicted molar refractivity (Wildman–Crippen MR) is 82.6 cm³/mol. The van der Waals surface area contributed by atoms with Gasteiger partial charge in [-0.25, -0.2) is 0 Å². The van der Waals surface area contributed by atoms with Gasteiger partial charge in [-0.3, -0.25) is 0 Å². The smallest absolute Gasteiger partial charge is 0.258 e. The Balaban J connectivity index is 1.60. The molecule has 1 aromatic carbocycles. The molecule has 1 aromatic heterocycles. The lowest BCUT2D eigenvalue weighted by molar-refractivity contribution is 0.0677. The molecule has 110 valence electrons. The van der Waals surface area contributed by atoms with Crippen LogP contribution < -0.4 is 5.32 Å². The average molecular weight is 303 g/mol. The molecule has 1 saturated heterocycles. The van der Waals surface area contributed by atoms with Crippen LogP contribution in [0.2, 0.25) is 0 Å². The van der Waals surface area contributed by atoms with Crippen molar-refractivity contribution in [3.05, 3.63) is 29.6 Å². The normalized spacial score (nSPS) is 21.6. The summed E-state index contributed by atoms with van der Waals surface area (Å²) in [5.41, 5.74) is 3.53. The third kappa shape index (κ3) is 2.65. The van der Waals surface area contributed by atoms with Gasteiger partial charge in [0.1, 0.15) is 6.10 Å². The fourth-order valence-electron chi connectivity index (χ4n) is 2.73. The van der Waals surface area contributed by atoms with Crippen LogP contribution in [0.5, 0.6) is 0 Å². The maximum absolute atomic E-state index is 5.69. The van der Waals surface area contributed by atoms with E-state index in [1.807, 2.05) is 17.8 Å². The minimum Gasteiger partial charge on any atom is -0.385 e. The molecule has 2 aliphatic rings. The molecule has 0 saturated carbocycles. The third-order valence-corrected chi connectivity index (χ3v) is 4.83. The summed E-state index contributed by atoms with van der Waals surface area (Å²) in [6.45, 7) is 1.80. The Morgan fingerprint density at radius 3 is 3.24 bits per heavy atom. The first-order valence-corrected chi connectivity index (χ1v) is 8.46. The van der Waals surface area contributed by atoms with Crippen molar-refractivity contribution in [3.63, 3.8) is 0 Å². The molecule has 2 aromatic rings. The first-order valence-electron chi connectivity index (χ1n) is 7.30. The number of ether oxygens (including phenoxy) is 1. The van der Waals surface area contributed by atoms with Crippen LogP contribution in [0.3, 0.4) is 0 Å². The van der Waals surface area contributed by atoms with Crippen LogP contribution >= 0.6 is 11.8 Å². The summed E-state index contributed by atoms with van der Waals surface area (Å²) >= 11 is 1.87. The van der Waals surface area contributed by atoms with Gasteiger partial charge in [0.25, 0.3) is 5.89 Å². The molecule has 1 fully saturated rings. The highest BCUT2D eigenvalue weighted by Crippen LogP contribution is 2.30. The highest BCUT2D eigenvalue weighted by Gasteiger charge is 2.22. The minimum absolute atomic E-state index is 0.0412. The lowest BCUT2D eigenvalue weighted by atomic mass is 10.0. The largest absolute Gasteiger partial charge is 0.385 e. The number of aryl methyl sites for hydroxylation is 1. The van der Waals surface area contributed by atoms with Gasteiger partial charge in [0, 0.05) is 29.3 Å². The van der Waals surface area contributed by atoms with Crippen LogP contribution in [0, 0.1) is 0 Å². The summed E-state index contributed by atoms with van der Waals surface area (Å²) in [4.78, 5) is 4.52. The number of thioether (sulfide) groups is 1. The zero-order chi connectivity index (χ0) is 14.1. The Bertz CT molecular complexity index is 638. The molecule has 1 N–H and O–H groups in total. The summed E-state index contributed by atoms with van der Waals surface area (Å²) in [6, 6.07) is 6.28. The van der Waals surface area contributed by atoms with Crippen molar-refractivity contribution in [1.82, 2.24) is 10.1 Å². The third-order valence-electron chi connectivity index (χ3n) is 3.84. The topological polar surface area (TPSA) is 60.2 Å². The highest BCUT2D eigenvalue weighted by atomic mass is 32.2. The lowest BCUT2D eigenvalue weighted by Gasteiger charge is -2.18. The summed E-state index contributed by atoms with van der Waals surface area (Å²) in [7, 11) is 0. The van der Waals surface area contributed by atoms with Gasteiger partial charge in [-0.2, -0.15) is 16.7 Å². The van der Waals surface area contributed by atoms with Crippen LogP contribution in [-0.2, 0) is 11.2 Å². The van der Waals surface area contributed by atoms with Gasteiger partial charge in [0.2, 0.25) is 5.82 Å². The van der Waals surface area contributed by atoms with E-state index in [9.17, 15) is 0 Å². The molecule has 0 spiro atoms. The van der Waals surface area contributed by atoms with E-state index < -0.39 is 0 Å². The van der Waals surface area contributed by atoms with E-state index in [0.29, 0.717) is 11.7 Å². The molecule has 0 amide bonds. The standard InChI is InChI=1S/C15H17N3O2S/c1-2-10-8-11(3-4-12(10)16-5-1)15-17-14(18-20-15)13-9-21-7-6-19-13/h3-4,8,13,16H,1-2,5-7,9H2. The van der Waals surface area contributed by atoms with Gasteiger partial charge in [0.15, 0.2) is 0 Å². The molecule has 6 heteroatoms. The zero-order valence-electron chi connectivity index (χ0n) is 11.7. The number of hydrogen-bond acceptors (Lipinski definition) is 6. The predicted octanol–water partition coefficient (Wildman–Crippen LogP) is 2.90. The maximum atomic E-state index is 5.69. The molecule has 3 heterocycles. The number of rotatable bonds is 2. The Labute approximate surface area is 127 Å². The molecule has 1 atom stereocenters. The molecular formula is C15H17N3O2S.